The first-order valence-corrected chi connectivity index (χ1v) is 8.99. The lowest BCUT2D eigenvalue weighted by molar-refractivity contribution is 0.415. The first kappa shape index (κ1) is 23.2. The van der Waals surface area contributed by atoms with Gasteiger partial charge in [0, 0.05) is 29.4 Å². The fraction of sp³-hybridized carbons (Fsp3) is 0.0909. The van der Waals surface area contributed by atoms with E-state index in [1.807, 2.05) is 72.8 Å². The van der Waals surface area contributed by atoms with Crippen molar-refractivity contribution in [2.45, 2.75) is 6.54 Å². The number of aromatic nitrogens is 2. The molecule has 0 atom stereocenters. The lowest BCUT2D eigenvalue weighted by atomic mass is 10.2. The van der Waals surface area contributed by atoms with Crippen molar-refractivity contribution < 1.29 is 4.74 Å². The summed E-state index contributed by atoms with van der Waals surface area (Å²) in [4.78, 5) is 9.33. The van der Waals surface area contributed by atoms with Gasteiger partial charge in [-0.1, -0.05) is 30.3 Å². The molecule has 3 aromatic carbocycles. The molecule has 4 rings (SSSR count). The third kappa shape index (κ3) is 5.30. The molecule has 4 N–H and O–H groups in total. The number of methoxy groups -OCH3 is 1. The molecule has 6 nitrogen and oxygen atoms in total. The molecule has 0 bridgehead atoms. The molecule has 0 aliphatic rings. The van der Waals surface area contributed by atoms with E-state index in [1.54, 1.807) is 7.11 Å². The van der Waals surface area contributed by atoms with Crippen LogP contribution in [0.25, 0.3) is 10.9 Å². The Morgan fingerprint density at radius 1 is 0.833 bits per heavy atom. The Labute approximate surface area is 187 Å². The third-order valence-electron chi connectivity index (χ3n) is 4.38. The highest BCUT2D eigenvalue weighted by Gasteiger charge is 2.09. The molecule has 0 saturated heterocycles. The van der Waals surface area contributed by atoms with E-state index in [9.17, 15) is 0 Å². The summed E-state index contributed by atoms with van der Waals surface area (Å²) in [5.41, 5.74) is 9.38. The number of nitrogens with two attached hydrogens (primary N) is 1. The number of ether oxygens (including phenoxy) is 1. The van der Waals surface area contributed by atoms with Crippen LogP contribution < -0.4 is 21.1 Å². The van der Waals surface area contributed by atoms with Crippen LogP contribution in [0.5, 0.6) is 5.75 Å². The van der Waals surface area contributed by atoms with Gasteiger partial charge in [0.2, 0.25) is 5.95 Å². The van der Waals surface area contributed by atoms with Crippen molar-refractivity contribution in [1.82, 2.24) is 9.97 Å². The summed E-state index contributed by atoms with van der Waals surface area (Å²) in [5.74, 6) is 2.02. The molecule has 1 aromatic heterocycles. The summed E-state index contributed by atoms with van der Waals surface area (Å²) in [7, 11) is 1.65. The van der Waals surface area contributed by atoms with Gasteiger partial charge in [0.05, 0.1) is 12.6 Å². The standard InChI is InChI=1S/C22H21N5O.2ClH/c1-28-18-6-4-5-17(13-18)24-21-19-7-2-3-8-20(19)26-22(27-21)25-16-11-9-15(14-23)10-12-16;;/h2-13H,14,23H2,1H3,(H2,24,25,26,27);2*1H. The van der Waals surface area contributed by atoms with Gasteiger partial charge < -0.3 is 21.1 Å². The quantitative estimate of drug-likeness (QED) is 0.368. The van der Waals surface area contributed by atoms with E-state index in [-0.39, 0.29) is 24.8 Å². The highest BCUT2D eigenvalue weighted by Crippen LogP contribution is 2.27. The molecule has 0 fully saturated rings. The number of para-hydroxylation sites is 1. The summed E-state index contributed by atoms with van der Waals surface area (Å²) in [6.45, 7) is 0.515. The zero-order valence-electron chi connectivity index (χ0n) is 16.3. The highest BCUT2D eigenvalue weighted by atomic mass is 35.5. The maximum atomic E-state index is 5.67. The van der Waals surface area contributed by atoms with Crippen LogP contribution in [0.1, 0.15) is 5.56 Å². The lowest BCUT2D eigenvalue weighted by Crippen LogP contribution is -2.03. The molecule has 8 heteroatoms. The minimum atomic E-state index is 0. The first-order chi connectivity index (χ1) is 13.7. The first-order valence-electron chi connectivity index (χ1n) is 8.99. The minimum Gasteiger partial charge on any atom is -0.497 e. The second-order valence-electron chi connectivity index (χ2n) is 6.30. The maximum Gasteiger partial charge on any atom is 0.229 e. The predicted octanol–water partition coefficient (Wildman–Crippen LogP) is 5.43. The lowest BCUT2D eigenvalue weighted by Gasteiger charge is -2.13. The monoisotopic (exact) mass is 443 g/mol. The van der Waals surface area contributed by atoms with E-state index >= 15 is 0 Å². The van der Waals surface area contributed by atoms with E-state index in [0.29, 0.717) is 12.5 Å². The van der Waals surface area contributed by atoms with Crippen molar-refractivity contribution in [1.29, 1.82) is 0 Å². The van der Waals surface area contributed by atoms with Crippen LogP contribution in [0, 0.1) is 0 Å². The van der Waals surface area contributed by atoms with E-state index in [4.69, 9.17) is 15.5 Å². The summed E-state index contributed by atoms with van der Waals surface area (Å²) in [6, 6.07) is 23.5. The maximum absolute atomic E-state index is 5.67. The van der Waals surface area contributed by atoms with Crippen molar-refractivity contribution in [3.63, 3.8) is 0 Å². The zero-order chi connectivity index (χ0) is 19.3. The molecule has 4 aromatic rings. The summed E-state index contributed by atoms with van der Waals surface area (Å²) in [5, 5.41) is 7.59. The van der Waals surface area contributed by atoms with E-state index < -0.39 is 0 Å². The van der Waals surface area contributed by atoms with Crippen LogP contribution in [-0.2, 0) is 6.54 Å². The summed E-state index contributed by atoms with van der Waals surface area (Å²) < 4.78 is 5.31. The number of nitrogens with one attached hydrogen (secondary N) is 2. The highest BCUT2D eigenvalue weighted by molar-refractivity contribution is 5.92. The van der Waals surface area contributed by atoms with Crippen LogP contribution >= 0.6 is 24.8 Å². The van der Waals surface area contributed by atoms with Gasteiger partial charge >= 0.3 is 0 Å². The Kier molecular flexibility index (Phi) is 8.24. The van der Waals surface area contributed by atoms with E-state index in [1.165, 1.54) is 0 Å². The van der Waals surface area contributed by atoms with Gasteiger partial charge in [-0.15, -0.1) is 24.8 Å². The Bertz CT molecular complexity index is 1110. The molecule has 0 aliphatic heterocycles. The number of fused-ring (bicyclic) bond motifs is 1. The molecule has 30 heavy (non-hydrogen) atoms. The van der Waals surface area contributed by atoms with Gasteiger partial charge in [-0.05, 0) is 42.0 Å². The van der Waals surface area contributed by atoms with Crippen LogP contribution in [-0.4, -0.2) is 17.1 Å². The number of anilines is 4. The molecule has 0 amide bonds. The topological polar surface area (TPSA) is 85.1 Å². The van der Waals surface area contributed by atoms with Crippen molar-refractivity contribution in [2.75, 3.05) is 17.7 Å². The summed E-state index contributed by atoms with van der Waals surface area (Å²) >= 11 is 0. The average molecular weight is 444 g/mol. The SMILES string of the molecule is COc1cccc(Nc2nc(Nc3ccc(CN)cc3)nc3ccccc23)c1.Cl.Cl. The fourth-order valence-electron chi connectivity index (χ4n) is 2.92. The fourth-order valence-corrected chi connectivity index (χ4v) is 2.92. The van der Waals surface area contributed by atoms with Gasteiger partial charge in [0.15, 0.2) is 0 Å². The molecule has 1 heterocycles. The van der Waals surface area contributed by atoms with Crippen molar-refractivity contribution >= 4 is 58.9 Å². The number of hydrogen-bond acceptors (Lipinski definition) is 6. The Morgan fingerprint density at radius 2 is 1.60 bits per heavy atom. The van der Waals surface area contributed by atoms with Crippen LogP contribution in [0.2, 0.25) is 0 Å². The third-order valence-corrected chi connectivity index (χ3v) is 4.38. The number of halogens is 2. The largest absolute Gasteiger partial charge is 0.497 e. The predicted molar refractivity (Wildman–Crippen MR) is 128 cm³/mol. The molecule has 0 aliphatic carbocycles. The van der Waals surface area contributed by atoms with Gasteiger partial charge in [-0.2, -0.15) is 4.98 Å². The molecular formula is C22H23Cl2N5O. The number of nitrogens with zero attached hydrogens (tertiary/aromatic N) is 2. The van der Waals surface area contributed by atoms with E-state index in [0.717, 1.165) is 39.4 Å². The van der Waals surface area contributed by atoms with Gasteiger partial charge in [0.25, 0.3) is 0 Å². The van der Waals surface area contributed by atoms with Crippen LogP contribution in [0.15, 0.2) is 72.8 Å². The van der Waals surface area contributed by atoms with Crippen molar-refractivity contribution in [2.24, 2.45) is 5.73 Å². The van der Waals surface area contributed by atoms with Gasteiger partial charge in [-0.25, -0.2) is 4.98 Å². The van der Waals surface area contributed by atoms with Crippen LogP contribution in [0.3, 0.4) is 0 Å². The minimum absolute atomic E-state index is 0. The summed E-state index contributed by atoms with van der Waals surface area (Å²) in [6.07, 6.45) is 0. The molecular weight excluding hydrogens is 421 g/mol. The second kappa shape index (κ2) is 10.6. The smallest absolute Gasteiger partial charge is 0.229 e. The zero-order valence-corrected chi connectivity index (χ0v) is 18.0. The van der Waals surface area contributed by atoms with Gasteiger partial charge in [-0.3, -0.25) is 0 Å². The molecule has 0 unspecified atom stereocenters. The number of hydrogen-bond donors (Lipinski definition) is 3. The van der Waals surface area contributed by atoms with E-state index in [2.05, 4.69) is 15.6 Å². The normalized spacial score (nSPS) is 9.93. The molecule has 0 radical (unpaired) electrons. The van der Waals surface area contributed by atoms with Gasteiger partial charge in [0.1, 0.15) is 11.6 Å². The van der Waals surface area contributed by atoms with Crippen LogP contribution in [0.4, 0.5) is 23.1 Å². The number of benzene rings is 3. The molecule has 0 saturated carbocycles. The second-order valence-corrected chi connectivity index (χ2v) is 6.30. The Balaban J connectivity index is 0.00000160. The molecule has 0 spiro atoms. The Hall–Kier alpha value is -3.06. The van der Waals surface area contributed by atoms with Crippen molar-refractivity contribution in [3.05, 3.63) is 78.4 Å². The average Bonchev–Trinajstić information content (AvgIpc) is 2.74. The van der Waals surface area contributed by atoms with Crippen molar-refractivity contribution in [3.8, 4) is 5.75 Å². The molecule has 156 valence electrons. The number of rotatable bonds is 6. The Morgan fingerprint density at radius 3 is 2.33 bits per heavy atom.